The number of nitrogens with zero attached hydrogens (tertiary/aromatic N) is 2. The van der Waals surface area contributed by atoms with Crippen LogP contribution in [0.1, 0.15) is 36.6 Å². The van der Waals surface area contributed by atoms with E-state index < -0.39 is 23.5 Å². The molecule has 2 aromatic rings. The van der Waals surface area contributed by atoms with E-state index in [0.29, 0.717) is 35.5 Å². The molecule has 1 amide bonds. The Morgan fingerprint density at radius 1 is 1.12 bits per heavy atom. The lowest BCUT2D eigenvalue weighted by molar-refractivity contribution is -0.140. The summed E-state index contributed by atoms with van der Waals surface area (Å²) in [5.74, 6) is -1.46. The van der Waals surface area contributed by atoms with E-state index in [1.807, 2.05) is 13.8 Å². The third-order valence-electron chi connectivity index (χ3n) is 5.97. The van der Waals surface area contributed by atoms with Gasteiger partial charge in [-0.2, -0.15) is 0 Å². The van der Waals surface area contributed by atoms with Gasteiger partial charge in [0.05, 0.1) is 18.7 Å². The summed E-state index contributed by atoms with van der Waals surface area (Å²) in [7, 11) is 1.55. The molecular weight excluding hydrogens is 411 g/mol. The molecule has 2 aromatic carbocycles. The first-order chi connectivity index (χ1) is 15.3. The van der Waals surface area contributed by atoms with Gasteiger partial charge in [-0.15, -0.1) is 0 Å². The first-order valence-corrected chi connectivity index (χ1v) is 10.7. The maximum absolute atomic E-state index is 13.6. The minimum Gasteiger partial charge on any atom is -0.507 e. The van der Waals surface area contributed by atoms with E-state index in [1.165, 1.54) is 17.0 Å². The van der Waals surface area contributed by atoms with E-state index in [1.54, 1.807) is 44.4 Å². The standard InChI is InChI=1S/C25H29FN2O4/c1-5-27(6-2)13-14-28-22(17-7-9-18(26)10-8-17)21(24(30)25(28)31)23(29)20-12-11-19(32-4)15-16(20)3/h7-12,15,22,29H,5-6,13-14H2,1-4H3/t22-/m1/s1. The lowest BCUT2D eigenvalue weighted by Crippen LogP contribution is -2.38. The van der Waals surface area contributed by atoms with Gasteiger partial charge in [0.2, 0.25) is 0 Å². The topological polar surface area (TPSA) is 70.1 Å². The minimum atomic E-state index is -0.798. The van der Waals surface area contributed by atoms with Gasteiger partial charge < -0.3 is 19.6 Å². The Morgan fingerprint density at radius 3 is 2.34 bits per heavy atom. The molecule has 7 heteroatoms. The van der Waals surface area contributed by atoms with Gasteiger partial charge in [-0.05, 0) is 61.5 Å². The number of aliphatic hydroxyl groups excluding tert-OH is 1. The monoisotopic (exact) mass is 440 g/mol. The molecule has 1 aliphatic rings. The number of methoxy groups -OCH3 is 1. The molecule has 0 spiro atoms. The van der Waals surface area contributed by atoms with Crippen LogP contribution in [0.5, 0.6) is 5.75 Å². The molecule has 0 aliphatic carbocycles. The molecule has 1 fully saturated rings. The highest BCUT2D eigenvalue weighted by molar-refractivity contribution is 6.46. The second-order valence-corrected chi connectivity index (χ2v) is 7.75. The van der Waals surface area contributed by atoms with Crippen molar-refractivity contribution in [1.29, 1.82) is 0 Å². The smallest absolute Gasteiger partial charge is 0.295 e. The second kappa shape index (κ2) is 9.96. The van der Waals surface area contributed by atoms with Crippen molar-refractivity contribution in [2.24, 2.45) is 0 Å². The average Bonchev–Trinajstić information content (AvgIpc) is 3.04. The van der Waals surface area contributed by atoms with Crippen molar-refractivity contribution in [1.82, 2.24) is 9.80 Å². The molecule has 0 unspecified atom stereocenters. The van der Waals surface area contributed by atoms with Gasteiger partial charge in [0.25, 0.3) is 11.7 Å². The van der Waals surface area contributed by atoms with Crippen LogP contribution < -0.4 is 4.74 Å². The highest BCUT2D eigenvalue weighted by Gasteiger charge is 2.46. The lowest BCUT2D eigenvalue weighted by atomic mass is 9.94. The number of hydrogen-bond donors (Lipinski definition) is 1. The van der Waals surface area contributed by atoms with Crippen molar-refractivity contribution in [3.63, 3.8) is 0 Å². The summed E-state index contributed by atoms with van der Waals surface area (Å²) in [5.41, 5.74) is 1.72. The molecule has 1 aliphatic heterocycles. The average molecular weight is 441 g/mol. The fourth-order valence-corrected chi connectivity index (χ4v) is 4.07. The Kier molecular flexibility index (Phi) is 7.30. The second-order valence-electron chi connectivity index (χ2n) is 7.75. The van der Waals surface area contributed by atoms with Crippen molar-refractivity contribution in [2.75, 3.05) is 33.3 Å². The summed E-state index contributed by atoms with van der Waals surface area (Å²) in [6.45, 7) is 8.37. The maximum atomic E-state index is 13.6. The van der Waals surface area contributed by atoms with Crippen molar-refractivity contribution >= 4 is 17.4 Å². The molecule has 0 aromatic heterocycles. The molecule has 1 atom stereocenters. The summed E-state index contributed by atoms with van der Waals surface area (Å²) >= 11 is 0. The van der Waals surface area contributed by atoms with Gasteiger partial charge in [-0.3, -0.25) is 9.59 Å². The van der Waals surface area contributed by atoms with Gasteiger partial charge in [-0.25, -0.2) is 4.39 Å². The zero-order valence-corrected chi connectivity index (χ0v) is 18.9. The minimum absolute atomic E-state index is 0.00872. The number of rotatable bonds is 8. The Bertz CT molecular complexity index is 1030. The zero-order chi connectivity index (χ0) is 23.4. The van der Waals surface area contributed by atoms with Crippen LogP contribution in [-0.2, 0) is 9.59 Å². The summed E-state index contributed by atoms with van der Waals surface area (Å²) in [6, 6.07) is 9.97. The van der Waals surface area contributed by atoms with Gasteiger partial charge in [0.15, 0.2) is 0 Å². The summed E-state index contributed by atoms with van der Waals surface area (Å²) < 4.78 is 18.8. The van der Waals surface area contributed by atoms with Crippen LogP contribution in [0.3, 0.4) is 0 Å². The van der Waals surface area contributed by atoms with Crippen molar-refractivity contribution in [2.45, 2.75) is 26.8 Å². The lowest BCUT2D eigenvalue weighted by Gasteiger charge is -2.28. The third kappa shape index (κ3) is 4.53. The molecule has 6 nitrogen and oxygen atoms in total. The normalized spacial score (nSPS) is 17.9. The Morgan fingerprint density at radius 2 is 1.78 bits per heavy atom. The molecule has 1 saturated heterocycles. The van der Waals surface area contributed by atoms with Crippen LogP contribution in [0.2, 0.25) is 0 Å². The molecule has 3 rings (SSSR count). The zero-order valence-electron chi connectivity index (χ0n) is 18.9. The number of ketones is 1. The number of amides is 1. The quantitative estimate of drug-likeness (QED) is 0.383. The molecule has 0 radical (unpaired) electrons. The van der Waals surface area contributed by atoms with Crippen LogP contribution in [0.25, 0.3) is 5.76 Å². The molecule has 0 saturated carbocycles. The number of likely N-dealkylation sites (tertiary alicyclic amines) is 1. The van der Waals surface area contributed by atoms with Crippen molar-refractivity contribution in [3.05, 3.63) is 70.5 Å². The predicted molar refractivity (Wildman–Crippen MR) is 121 cm³/mol. The fourth-order valence-electron chi connectivity index (χ4n) is 4.07. The predicted octanol–water partition coefficient (Wildman–Crippen LogP) is 3.91. The van der Waals surface area contributed by atoms with E-state index >= 15 is 0 Å². The number of carbonyl (C=O) groups excluding carboxylic acids is 2. The van der Waals surface area contributed by atoms with Crippen LogP contribution in [0.15, 0.2) is 48.0 Å². The fraction of sp³-hybridized carbons (Fsp3) is 0.360. The number of hydrogen-bond acceptors (Lipinski definition) is 5. The van der Waals surface area contributed by atoms with E-state index in [0.717, 1.165) is 13.1 Å². The number of aryl methyl sites for hydroxylation is 1. The number of aliphatic hydroxyl groups is 1. The highest BCUT2D eigenvalue weighted by Crippen LogP contribution is 2.40. The number of halogens is 1. The molecule has 1 heterocycles. The Labute approximate surface area is 187 Å². The summed E-state index contributed by atoms with van der Waals surface area (Å²) in [5, 5.41) is 11.2. The Balaban J connectivity index is 2.12. The number of carbonyl (C=O) groups is 2. The van der Waals surface area contributed by atoms with E-state index in [-0.39, 0.29) is 11.3 Å². The highest BCUT2D eigenvalue weighted by atomic mass is 19.1. The molecule has 0 bridgehead atoms. The Hall–Kier alpha value is -3.19. The van der Waals surface area contributed by atoms with Crippen molar-refractivity contribution in [3.8, 4) is 5.75 Å². The van der Waals surface area contributed by atoms with Crippen molar-refractivity contribution < 1.29 is 23.8 Å². The molecule has 32 heavy (non-hydrogen) atoms. The van der Waals surface area contributed by atoms with E-state index in [2.05, 4.69) is 4.90 Å². The van der Waals surface area contributed by atoms with E-state index in [9.17, 15) is 19.1 Å². The first-order valence-electron chi connectivity index (χ1n) is 10.7. The van der Waals surface area contributed by atoms with Gasteiger partial charge in [0.1, 0.15) is 17.3 Å². The number of Topliss-reactive ketones (excluding diaryl/α,β-unsaturated/α-hetero) is 1. The molecule has 170 valence electrons. The maximum Gasteiger partial charge on any atom is 0.295 e. The van der Waals surface area contributed by atoms with Gasteiger partial charge in [-0.1, -0.05) is 26.0 Å². The molecular formula is C25H29FN2O4. The van der Waals surface area contributed by atoms with Crippen LogP contribution in [-0.4, -0.2) is 59.9 Å². The number of ether oxygens (including phenoxy) is 1. The SMILES string of the molecule is CCN(CC)CCN1C(=O)C(=O)C(=C(O)c2ccc(OC)cc2C)[C@H]1c1ccc(F)cc1. The first kappa shape index (κ1) is 23.5. The van der Waals surface area contributed by atoms with Gasteiger partial charge in [0, 0.05) is 18.7 Å². The summed E-state index contributed by atoms with van der Waals surface area (Å²) in [4.78, 5) is 29.7. The molecule has 1 N–H and O–H groups in total. The third-order valence-corrected chi connectivity index (χ3v) is 5.97. The van der Waals surface area contributed by atoms with Crippen LogP contribution in [0, 0.1) is 12.7 Å². The summed E-state index contributed by atoms with van der Waals surface area (Å²) in [6.07, 6.45) is 0. The van der Waals surface area contributed by atoms with Crippen LogP contribution in [0.4, 0.5) is 4.39 Å². The van der Waals surface area contributed by atoms with Gasteiger partial charge >= 0.3 is 0 Å². The van der Waals surface area contributed by atoms with E-state index in [4.69, 9.17) is 4.74 Å². The van der Waals surface area contributed by atoms with Crippen LogP contribution >= 0.6 is 0 Å². The number of benzene rings is 2. The number of likely N-dealkylation sites (N-methyl/N-ethyl adjacent to an activating group) is 1. The largest absolute Gasteiger partial charge is 0.507 e.